The van der Waals surface area contributed by atoms with Crippen LogP contribution in [0.2, 0.25) is 0 Å². The molecule has 0 saturated heterocycles. The van der Waals surface area contributed by atoms with Gasteiger partial charge < -0.3 is 14.8 Å². The van der Waals surface area contributed by atoms with E-state index in [4.69, 9.17) is 9.47 Å². The maximum absolute atomic E-state index is 12.7. The number of nitrogens with one attached hydrogen (secondary N) is 1. The van der Waals surface area contributed by atoms with Crippen molar-refractivity contribution in [2.45, 2.75) is 26.4 Å². The monoisotopic (exact) mass is 401 g/mol. The van der Waals surface area contributed by atoms with Crippen LogP contribution < -0.4 is 14.8 Å². The molecule has 4 heteroatoms. The molecule has 1 unspecified atom stereocenters. The fourth-order valence-electron chi connectivity index (χ4n) is 2.91. The van der Waals surface area contributed by atoms with Crippen LogP contribution in [0.25, 0.3) is 11.1 Å². The molecule has 0 aliphatic carbocycles. The zero-order chi connectivity index (χ0) is 21.3. The molecule has 3 rings (SSSR count). The van der Waals surface area contributed by atoms with Crippen molar-refractivity contribution >= 4 is 11.6 Å². The van der Waals surface area contributed by atoms with Crippen molar-refractivity contribution in [3.63, 3.8) is 0 Å². The molecular formula is C26H27NO3. The number of hydrogen-bond acceptors (Lipinski definition) is 3. The summed E-state index contributed by atoms with van der Waals surface area (Å²) < 4.78 is 11.5. The summed E-state index contributed by atoms with van der Waals surface area (Å²) in [6.45, 7) is 8.13. The van der Waals surface area contributed by atoms with Crippen LogP contribution in [-0.2, 0) is 4.79 Å². The molecule has 1 amide bonds. The van der Waals surface area contributed by atoms with Crippen LogP contribution in [0.1, 0.15) is 20.3 Å². The number of amides is 1. The van der Waals surface area contributed by atoms with Crippen molar-refractivity contribution < 1.29 is 14.3 Å². The summed E-state index contributed by atoms with van der Waals surface area (Å²) in [6.07, 6.45) is -0.0153. The summed E-state index contributed by atoms with van der Waals surface area (Å²) in [7, 11) is 0. The van der Waals surface area contributed by atoms with Gasteiger partial charge in [-0.15, -0.1) is 0 Å². The summed E-state index contributed by atoms with van der Waals surface area (Å²) in [6, 6.07) is 25.2. The second-order valence-corrected chi connectivity index (χ2v) is 7.16. The lowest BCUT2D eigenvalue weighted by molar-refractivity contribution is -0.122. The third-order valence-corrected chi connectivity index (χ3v) is 4.51. The predicted molar refractivity (Wildman–Crippen MR) is 122 cm³/mol. The minimum Gasteiger partial charge on any atom is -0.489 e. The van der Waals surface area contributed by atoms with Crippen LogP contribution in [0, 0.1) is 0 Å². The van der Waals surface area contributed by atoms with Gasteiger partial charge >= 0.3 is 0 Å². The van der Waals surface area contributed by atoms with Gasteiger partial charge in [-0.2, -0.15) is 0 Å². The molecule has 0 saturated carbocycles. The zero-order valence-corrected chi connectivity index (χ0v) is 17.4. The molecule has 0 aliphatic rings. The normalized spacial score (nSPS) is 11.4. The van der Waals surface area contributed by atoms with Gasteiger partial charge in [0.2, 0.25) is 0 Å². The highest BCUT2D eigenvalue weighted by Gasteiger charge is 2.18. The number of hydrogen-bond donors (Lipinski definition) is 1. The van der Waals surface area contributed by atoms with E-state index in [1.165, 1.54) is 0 Å². The van der Waals surface area contributed by atoms with Crippen molar-refractivity contribution in [3.8, 4) is 22.6 Å². The quantitative estimate of drug-likeness (QED) is 0.440. The Morgan fingerprint density at radius 2 is 1.50 bits per heavy atom. The summed E-state index contributed by atoms with van der Waals surface area (Å²) in [5, 5.41) is 2.91. The Morgan fingerprint density at radius 3 is 2.10 bits per heavy atom. The van der Waals surface area contributed by atoms with Crippen molar-refractivity contribution in [3.05, 3.63) is 91.0 Å². The van der Waals surface area contributed by atoms with Crippen LogP contribution >= 0.6 is 0 Å². The van der Waals surface area contributed by atoms with E-state index in [-0.39, 0.29) is 5.91 Å². The molecule has 154 valence electrons. The molecule has 3 aromatic rings. The molecule has 30 heavy (non-hydrogen) atoms. The smallest absolute Gasteiger partial charge is 0.265 e. The Morgan fingerprint density at radius 1 is 0.900 bits per heavy atom. The lowest BCUT2D eigenvalue weighted by atomic mass is 10.1. The third-order valence-electron chi connectivity index (χ3n) is 4.51. The van der Waals surface area contributed by atoms with Gasteiger partial charge in [-0.25, -0.2) is 0 Å². The van der Waals surface area contributed by atoms with Gasteiger partial charge in [-0.1, -0.05) is 56.0 Å². The van der Waals surface area contributed by atoms with Gasteiger partial charge in [-0.3, -0.25) is 4.79 Å². The second-order valence-electron chi connectivity index (χ2n) is 7.16. The Balaban J connectivity index is 1.59. The number of ether oxygens (including phenoxy) is 2. The molecule has 0 radical (unpaired) electrons. The average Bonchev–Trinajstić information content (AvgIpc) is 2.78. The summed E-state index contributed by atoms with van der Waals surface area (Å²) in [4.78, 5) is 12.7. The summed E-state index contributed by atoms with van der Waals surface area (Å²) >= 11 is 0. The van der Waals surface area contributed by atoms with E-state index in [1.807, 2.05) is 80.6 Å². The van der Waals surface area contributed by atoms with Gasteiger partial charge in [0.1, 0.15) is 18.1 Å². The summed E-state index contributed by atoms with van der Waals surface area (Å²) in [5.74, 6) is 1.22. The van der Waals surface area contributed by atoms with Crippen LogP contribution in [0.15, 0.2) is 91.0 Å². The second kappa shape index (κ2) is 10.3. The maximum Gasteiger partial charge on any atom is 0.265 e. The van der Waals surface area contributed by atoms with E-state index in [9.17, 15) is 4.79 Å². The highest BCUT2D eigenvalue weighted by atomic mass is 16.5. The van der Waals surface area contributed by atoms with Crippen molar-refractivity contribution in [1.29, 1.82) is 0 Å². The molecule has 0 aliphatic heterocycles. The first-order valence-electron chi connectivity index (χ1n) is 10.1. The summed E-state index contributed by atoms with van der Waals surface area (Å²) in [5.41, 5.74) is 3.90. The Kier molecular flexibility index (Phi) is 7.28. The van der Waals surface area contributed by atoms with E-state index < -0.39 is 6.10 Å². The molecule has 0 heterocycles. The molecule has 0 aromatic heterocycles. The van der Waals surface area contributed by atoms with E-state index in [2.05, 4.69) is 24.0 Å². The number of rotatable bonds is 9. The number of carbonyl (C=O) groups is 1. The van der Waals surface area contributed by atoms with Crippen molar-refractivity contribution in [2.24, 2.45) is 0 Å². The molecule has 1 atom stereocenters. The highest BCUT2D eigenvalue weighted by molar-refractivity contribution is 5.94. The van der Waals surface area contributed by atoms with Crippen LogP contribution in [0.5, 0.6) is 11.5 Å². The molecule has 4 nitrogen and oxygen atoms in total. The topological polar surface area (TPSA) is 47.6 Å². The number of benzene rings is 3. The van der Waals surface area contributed by atoms with Gasteiger partial charge in [0, 0.05) is 5.69 Å². The first-order valence-corrected chi connectivity index (χ1v) is 10.1. The van der Waals surface area contributed by atoms with E-state index >= 15 is 0 Å². The first-order chi connectivity index (χ1) is 14.5. The molecule has 0 spiro atoms. The lowest BCUT2D eigenvalue weighted by Gasteiger charge is -2.18. The predicted octanol–water partition coefficient (Wildman–Crippen LogP) is 6.10. The Labute approximate surface area is 178 Å². The number of anilines is 1. The zero-order valence-electron chi connectivity index (χ0n) is 17.4. The van der Waals surface area contributed by atoms with E-state index in [0.717, 1.165) is 22.4 Å². The SMILES string of the molecule is C=C(C)COc1ccc(NC(=O)C(CC)Oc2ccc(-c3ccccc3)cc2)cc1. The van der Waals surface area contributed by atoms with Crippen molar-refractivity contribution in [2.75, 3.05) is 11.9 Å². The Bertz CT molecular complexity index is 963. The van der Waals surface area contributed by atoms with Crippen molar-refractivity contribution in [1.82, 2.24) is 0 Å². The van der Waals surface area contributed by atoms with Gasteiger partial charge in [-0.05, 0) is 66.4 Å². The molecule has 3 aromatic carbocycles. The van der Waals surface area contributed by atoms with Crippen LogP contribution in [-0.4, -0.2) is 18.6 Å². The standard InChI is InChI=1S/C26H27NO3/c1-4-25(26(28)27-22-12-16-23(17-13-22)29-18-19(2)3)30-24-14-10-21(11-15-24)20-8-6-5-7-9-20/h5-17,25H,2,4,18H2,1,3H3,(H,27,28). The fourth-order valence-corrected chi connectivity index (χ4v) is 2.91. The lowest BCUT2D eigenvalue weighted by Crippen LogP contribution is -2.32. The maximum atomic E-state index is 12.7. The van der Waals surface area contributed by atoms with Gasteiger partial charge in [0.15, 0.2) is 6.10 Å². The minimum absolute atomic E-state index is 0.180. The average molecular weight is 402 g/mol. The minimum atomic E-state index is -0.577. The Hall–Kier alpha value is -3.53. The molecular weight excluding hydrogens is 374 g/mol. The van der Waals surface area contributed by atoms with E-state index in [0.29, 0.717) is 24.5 Å². The van der Waals surface area contributed by atoms with Crippen LogP contribution in [0.4, 0.5) is 5.69 Å². The first kappa shape index (κ1) is 21.2. The third kappa shape index (κ3) is 5.98. The molecule has 0 fully saturated rings. The van der Waals surface area contributed by atoms with Crippen LogP contribution in [0.3, 0.4) is 0 Å². The van der Waals surface area contributed by atoms with E-state index in [1.54, 1.807) is 0 Å². The van der Waals surface area contributed by atoms with Gasteiger partial charge in [0.25, 0.3) is 5.91 Å². The van der Waals surface area contributed by atoms with Gasteiger partial charge in [0.05, 0.1) is 0 Å². The molecule has 0 bridgehead atoms. The number of carbonyl (C=O) groups excluding carboxylic acids is 1. The fraction of sp³-hybridized carbons (Fsp3) is 0.192. The molecule has 1 N–H and O–H groups in total. The largest absolute Gasteiger partial charge is 0.489 e. The highest BCUT2D eigenvalue weighted by Crippen LogP contribution is 2.23.